The van der Waals surface area contributed by atoms with Crippen LogP contribution in [0.5, 0.6) is 0 Å². The van der Waals surface area contributed by atoms with Crippen LogP contribution in [0.15, 0.2) is 49.6 Å². The largest absolute Gasteiger partial charge is 0.465 e. The standard InChI is InChI=1S/C28H35ClN2O5S/c1-3-5-10-18-36-27(35)22-21-13-14-28(37-21)23(22)25(33)31(16-8-9-17-32)24(28)26(34)30(15-4-2)20-12-7-6-11-19(20)29/h3-4,6-7,11-12,21-24,32H,1-2,5,8-10,13-18H2/t21-,22+,23-,24?,28?/m0/s1. The molecule has 3 aliphatic heterocycles. The van der Waals surface area contributed by atoms with Gasteiger partial charge in [0.05, 0.1) is 33.9 Å². The number of ether oxygens (including phenoxy) is 1. The first kappa shape index (κ1) is 27.7. The average Bonchev–Trinajstić information content (AvgIpc) is 3.53. The molecule has 5 atom stereocenters. The lowest BCUT2D eigenvalue weighted by molar-refractivity contribution is -0.154. The molecule has 3 heterocycles. The van der Waals surface area contributed by atoms with Gasteiger partial charge in [0.25, 0.3) is 5.91 Å². The van der Waals surface area contributed by atoms with Crippen molar-refractivity contribution in [1.82, 2.24) is 4.90 Å². The van der Waals surface area contributed by atoms with Gasteiger partial charge in [-0.2, -0.15) is 0 Å². The quantitative estimate of drug-likeness (QED) is 0.226. The number of allylic oxidation sites excluding steroid dienone is 1. The number of hydrogen-bond acceptors (Lipinski definition) is 6. The number of likely N-dealkylation sites (tertiary alicyclic amines) is 1. The van der Waals surface area contributed by atoms with Crippen LogP contribution in [0.1, 0.15) is 38.5 Å². The molecule has 4 rings (SSSR count). The third-order valence-corrected chi connectivity index (χ3v) is 9.90. The minimum absolute atomic E-state index is 0.00785. The van der Waals surface area contributed by atoms with E-state index in [1.165, 1.54) is 0 Å². The Labute approximate surface area is 227 Å². The van der Waals surface area contributed by atoms with Gasteiger partial charge in [-0.1, -0.05) is 35.9 Å². The number of para-hydroxylation sites is 1. The summed E-state index contributed by atoms with van der Waals surface area (Å²) in [5.41, 5.74) is 0.562. The second kappa shape index (κ2) is 12.0. The molecule has 9 heteroatoms. The molecule has 7 nitrogen and oxygen atoms in total. The number of unbranched alkanes of at least 4 members (excludes halogenated alkanes) is 2. The highest BCUT2D eigenvalue weighted by molar-refractivity contribution is 8.02. The van der Waals surface area contributed by atoms with Crippen LogP contribution in [0, 0.1) is 11.8 Å². The van der Waals surface area contributed by atoms with Crippen molar-refractivity contribution in [1.29, 1.82) is 0 Å². The van der Waals surface area contributed by atoms with Gasteiger partial charge in [-0.15, -0.1) is 24.9 Å². The molecule has 1 spiro atoms. The maximum Gasteiger partial charge on any atom is 0.310 e. The molecule has 3 aliphatic rings. The topological polar surface area (TPSA) is 87.2 Å². The van der Waals surface area contributed by atoms with Gasteiger partial charge < -0.3 is 19.6 Å². The minimum atomic E-state index is -0.742. The van der Waals surface area contributed by atoms with Gasteiger partial charge in [0.1, 0.15) is 6.04 Å². The normalized spacial score (nSPS) is 27.7. The first-order valence-electron chi connectivity index (χ1n) is 12.9. The number of thioether (sulfide) groups is 1. The lowest BCUT2D eigenvalue weighted by Crippen LogP contribution is -2.55. The highest BCUT2D eigenvalue weighted by Crippen LogP contribution is 2.66. The van der Waals surface area contributed by atoms with Crippen LogP contribution in [0.4, 0.5) is 5.69 Å². The fraction of sp³-hybridized carbons (Fsp3) is 0.536. The van der Waals surface area contributed by atoms with Gasteiger partial charge in [-0.3, -0.25) is 14.4 Å². The van der Waals surface area contributed by atoms with Crippen molar-refractivity contribution >= 4 is 46.8 Å². The fourth-order valence-electron chi connectivity index (χ4n) is 6.09. The second-order valence-electron chi connectivity index (χ2n) is 9.81. The number of aliphatic hydroxyl groups excluding tert-OH is 1. The smallest absolute Gasteiger partial charge is 0.310 e. The number of hydrogen-bond donors (Lipinski definition) is 1. The van der Waals surface area contributed by atoms with Gasteiger partial charge in [-0.25, -0.2) is 0 Å². The van der Waals surface area contributed by atoms with Gasteiger partial charge in [0.15, 0.2) is 0 Å². The Balaban J connectivity index is 1.69. The summed E-state index contributed by atoms with van der Waals surface area (Å²) in [4.78, 5) is 44.8. The van der Waals surface area contributed by atoms with E-state index in [0.717, 1.165) is 12.8 Å². The third kappa shape index (κ3) is 5.08. The molecule has 0 aromatic heterocycles. The lowest BCUT2D eigenvalue weighted by atomic mass is 9.71. The number of esters is 1. The predicted octanol–water partition coefficient (Wildman–Crippen LogP) is 4.23. The summed E-state index contributed by atoms with van der Waals surface area (Å²) in [5, 5.41) is 9.73. The number of amides is 2. The second-order valence-corrected chi connectivity index (χ2v) is 11.8. The Morgan fingerprint density at radius 1 is 1.24 bits per heavy atom. The molecule has 1 aromatic carbocycles. The number of aliphatic hydroxyl groups is 1. The molecule has 0 radical (unpaired) electrons. The summed E-state index contributed by atoms with van der Waals surface area (Å²) in [6.45, 7) is 8.40. The molecule has 2 amide bonds. The maximum atomic E-state index is 14.4. The van der Waals surface area contributed by atoms with Gasteiger partial charge in [0.2, 0.25) is 5.91 Å². The van der Waals surface area contributed by atoms with Crippen molar-refractivity contribution in [2.75, 3.05) is 31.2 Å². The zero-order valence-electron chi connectivity index (χ0n) is 21.0. The van der Waals surface area contributed by atoms with Gasteiger partial charge in [0, 0.05) is 24.9 Å². The SMILES string of the molecule is C=CCCCOC(=O)[C@@H]1[C@@H]2CCC3(S2)C(C(=O)N(CC=C)c2ccccc2Cl)N(CCCCO)C(=O)[C@H]13. The average molecular weight is 547 g/mol. The summed E-state index contributed by atoms with van der Waals surface area (Å²) < 4.78 is 4.90. The van der Waals surface area contributed by atoms with Crippen LogP contribution in [-0.4, -0.2) is 70.1 Å². The molecular formula is C28H35ClN2O5S. The summed E-state index contributed by atoms with van der Waals surface area (Å²) >= 11 is 8.10. The first-order chi connectivity index (χ1) is 17.9. The number of benzene rings is 1. The Hall–Kier alpha value is -2.29. The molecule has 1 aromatic rings. The molecule has 1 N–H and O–H groups in total. The van der Waals surface area contributed by atoms with E-state index in [0.29, 0.717) is 42.9 Å². The Kier molecular flexibility index (Phi) is 9.03. The van der Waals surface area contributed by atoms with Crippen molar-refractivity contribution in [3.05, 3.63) is 54.6 Å². The van der Waals surface area contributed by atoms with E-state index < -0.39 is 22.6 Å². The Morgan fingerprint density at radius 3 is 2.73 bits per heavy atom. The zero-order chi connectivity index (χ0) is 26.6. The monoisotopic (exact) mass is 546 g/mol. The van der Waals surface area contributed by atoms with E-state index in [1.807, 2.05) is 6.07 Å². The highest BCUT2D eigenvalue weighted by atomic mass is 35.5. The van der Waals surface area contributed by atoms with Crippen LogP contribution >= 0.6 is 23.4 Å². The van der Waals surface area contributed by atoms with E-state index in [4.69, 9.17) is 16.3 Å². The number of rotatable bonds is 13. The Bertz CT molecular complexity index is 1050. The predicted molar refractivity (Wildman–Crippen MR) is 147 cm³/mol. The first-order valence-corrected chi connectivity index (χ1v) is 14.2. The van der Waals surface area contributed by atoms with Crippen LogP contribution in [-0.2, 0) is 19.1 Å². The summed E-state index contributed by atoms with van der Waals surface area (Å²) in [6.07, 6.45) is 7.38. The van der Waals surface area contributed by atoms with E-state index >= 15 is 0 Å². The van der Waals surface area contributed by atoms with Crippen molar-refractivity contribution in [3.63, 3.8) is 0 Å². The number of fused-ring (bicyclic) bond motifs is 1. The number of nitrogens with zero attached hydrogens (tertiary/aromatic N) is 2. The van der Waals surface area contributed by atoms with E-state index in [2.05, 4.69) is 13.2 Å². The van der Waals surface area contributed by atoms with Crippen molar-refractivity contribution in [3.8, 4) is 0 Å². The fourth-order valence-corrected chi connectivity index (χ4v) is 8.52. The van der Waals surface area contributed by atoms with Crippen LogP contribution in [0.3, 0.4) is 0 Å². The minimum Gasteiger partial charge on any atom is -0.465 e. The van der Waals surface area contributed by atoms with Crippen LogP contribution < -0.4 is 4.90 Å². The number of carbonyl (C=O) groups is 3. The number of carbonyl (C=O) groups excluding carboxylic acids is 3. The lowest BCUT2D eigenvalue weighted by Gasteiger charge is -2.37. The molecule has 0 aliphatic carbocycles. The van der Waals surface area contributed by atoms with Gasteiger partial charge >= 0.3 is 5.97 Å². The van der Waals surface area contributed by atoms with E-state index in [1.54, 1.807) is 51.9 Å². The summed E-state index contributed by atoms with van der Waals surface area (Å²) in [5.74, 6) is -1.92. The molecule has 2 unspecified atom stereocenters. The molecule has 0 saturated carbocycles. The summed E-state index contributed by atoms with van der Waals surface area (Å²) in [7, 11) is 0. The van der Waals surface area contributed by atoms with E-state index in [9.17, 15) is 19.5 Å². The molecule has 2 bridgehead atoms. The number of halogens is 1. The molecular weight excluding hydrogens is 512 g/mol. The third-order valence-electron chi connectivity index (χ3n) is 7.63. The Morgan fingerprint density at radius 2 is 2.03 bits per heavy atom. The molecule has 3 fully saturated rings. The van der Waals surface area contributed by atoms with Crippen molar-refractivity contribution in [2.45, 2.75) is 54.6 Å². The number of anilines is 1. The van der Waals surface area contributed by atoms with Gasteiger partial charge in [-0.05, 0) is 50.7 Å². The van der Waals surface area contributed by atoms with Crippen LogP contribution in [0.2, 0.25) is 5.02 Å². The molecule has 200 valence electrons. The molecule has 3 saturated heterocycles. The van der Waals surface area contributed by atoms with Crippen molar-refractivity contribution < 1.29 is 24.2 Å². The van der Waals surface area contributed by atoms with E-state index in [-0.39, 0.29) is 42.8 Å². The highest BCUT2D eigenvalue weighted by Gasteiger charge is 2.74. The summed E-state index contributed by atoms with van der Waals surface area (Å²) in [6, 6.07) is 6.40. The van der Waals surface area contributed by atoms with Crippen LogP contribution in [0.25, 0.3) is 0 Å². The zero-order valence-corrected chi connectivity index (χ0v) is 22.6. The molecule has 37 heavy (non-hydrogen) atoms. The van der Waals surface area contributed by atoms with Crippen molar-refractivity contribution in [2.24, 2.45) is 11.8 Å². The maximum absolute atomic E-state index is 14.4.